The van der Waals surface area contributed by atoms with Gasteiger partial charge in [0.15, 0.2) is 0 Å². The molecule has 0 spiro atoms. The van der Waals surface area contributed by atoms with Crippen LogP contribution < -0.4 is 5.32 Å². The van der Waals surface area contributed by atoms with Gasteiger partial charge in [-0.3, -0.25) is 4.79 Å². The number of hydrogen-bond donors (Lipinski definition) is 2. The van der Waals surface area contributed by atoms with Crippen molar-refractivity contribution in [2.75, 3.05) is 5.32 Å². The molecular formula is C18H18ClNO3. The molecular weight excluding hydrogens is 314 g/mol. The quantitative estimate of drug-likeness (QED) is 0.864. The Labute approximate surface area is 140 Å². The van der Waals surface area contributed by atoms with Crippen LogP contribution in [0.25, 0.3) is 0 Å². The van der Waals surface area contributed by atoms with Crippen LogP contribution in [-0.4, -0.2) is 17.0 Å². The lowest BCUT2D eigenvalue weighted by molar-refractivity contribution is 0.0696. The van der Waals surface area contributed by atoms with E-state index >= 15 is 0 Å². The lowest BCUT2D eigenvalue weighted by Crippen LogP contribution is -2.15. The maximum Gasteiger partial charge on any atom is 0.335 e. The van der Waals surface area contributed by atoms with Crippen molar-refractivity contribution in [3.8, 4) is 0 Å². The van der Waals surface area contributed by atoms with Gasteiger partial charge in [0.2, 0.25) is 0 Å². The Hall–Kier alpha value is -2.33. The largest absolute Gasteiger partial charge is 0.478 e. The van der Waals surface area contributed by atoms with Crippen molar-refractivity contribution in [1.29, 1.82) is 0 Å². The van der Waals surface area contributed by atoms with Crippen LogP contribution in [0, 0.1) is 0 Å². The van der Waals surface area contributed by atoms with E-state index in [0.717, 1.165) is 5.56 Å². The summed E-state index contributed by atoms with van der Waals surface area (Å²) in [6.07, 6.45) is 0. The minimum Gasteiger partial charge on any atom is -0.478 e. The monoisotopic (exact) mass is 331 g/mol. The van der Waals surface area contributed by atoms with Crippen molar-refractivity contribution in [3.05, 3.63) is 64.2 Å². The average molecular weight is 332 g/mol. The zero-order chi connectivity index (χ0) is 17.2. The van der Waals surface area contributed by atoms with Gasteiger partial charge in [-0.05, 0) is 41.3 Å². The molecule has 0 fully saturated rings. The molecule has 5 heteroatoms. The number of nitrogens with one attached hydrogen (secondary N) is 1. The predicted octanol–water partition coefficient (Wildman–Crippen LogP) is 4.59. The van der Waals surface area contributed by atoms with E-state index in [4.69, 9.17) is 16.7 Å². The van der Waals surface area contributed by atoms with E-state index in [9.17, 15) is 9.59 Å². The van der Waals surface area contributed by atoms with Gasteiger partial charge < -0.3 is 10.4 Å². The van der Waals surface area contributed by atoms with E-state index in [-0.39, 0.29) is 27.6 Å². The second kappa shape index (κ2) is 6.42. The van der Waals surface area contributed by atoms with Crippen LogP contribution in [0.5, 0.6) is 0 Å². The zero-order valence-electron chi connectivity index (χ0n) is 13.2. The number of carboxylic acids is 1. The third kappa shape index (κ3) is 4.11. The van der Waals surface area contributed by atoms with E-state index in [0.29, 0.717) is 5.56 Å². The van der Waals surface area contributed by atoms with Gasteiger partial charge in [-0.2, -0.15) is 0 Å². The molecule has 1 amide bonds. The molecule has 0 bridgehead atoms. The number of hydrogen-bond acceptors (Lipinski definition) is 2. The van der Waals surface area contributed by atoms with Crippen LogP contribution in [0.3, 0.4) is 0 Å². The summed E-state index contributed by atoms with van der Waals surface area (Å²) in [6.45, 7) is 6.29. The molecule has 0 saturated heterocycles. The molecule has 0 aromatic heterocycles. The number of carboxylic acid groups (broad SMARTS) is 1. The molecule has 0 radical (unpaired) electrons. The fraction of sp³-hybridized carbons (Fsp3) is 0.222. The zero-order valence-corrected chi connectivity index (χ0v) is 13.9. The summed E-state index contributed by atoms with van der Waals surface area (Å²) in [5.41, 5.74) is 1.95. The van der Waals surface area contributed by atoms with Gasteiger partial charge in [-0.15, -0.1) is 0 Å². The van der Waals surface area contributed by atoms with Crippen molar-refractivity contribution in [2.24, 2.45) is 0 Å². The highest BCUT2D eigenvalue weighted by atomic mass is 35.5. The summed E-state index contributed by atoms with van der Waals surface area (Å²) in [4.78, 5) is 23.3. The van der Waals surface area contributed by atoms with Gasteiger partial charge in [0.05, 0.1) is 16.3 Å². The number of rotatable bonds is 3. The normalized spacial score (nSPS) is 11.1. The highest BCUT2D eigenvalue weighted by Crippen LogP contribution is 2.25. The molecule has 0 aliphatic heterocycles. The summed E-state index contributed by atoms with van der Waals surface area (Å²) in [6, 6.07) is 11.5. The minimum atomic E-state index is -1.08. The van der Waals surface area contributed by atoms with Crippen molar-refractivity contribution in [3.63, 3.8) is 0 Å². The molecule has 0 heterocycles. The molecule has 2 aromatic carbocycles. The highest BCUT2D eigenvalue weighted by molar-refractivity contribution is 6.34. The van der Waals surface area contributed by atoms with Crippen molar-refractivity contribution in [2.45, 2.75) is 26.2 Å². The van der Waals surface area contributed by atoms with Gasteiger partial charge >= 0.3 is 5.97 Å². The molecule has 23 heavy (non-hydrogen) atoms. The molecule has 0 saturated carbocycles. The van der Waals surface area contributed by atoms with Crippen LogP contribution in [0.4, 0.5) is 5.69 Å². The van der Waals surface area contributed by atoms with E-state index < -0.39 is 5.97 Å². The van der Waals surface area contributed by atoms with Gasteiger partial charge in [0, 0.05) is 5.56 Å². The van der Waals surface area contributed by atoms with E-state index in [2.05, 4.69) is 26.1 Å². The van der Waals surface area contributed by atoms with E-state index in [1.165, 1.54) is 18.2 Å². The van der Waals surface area contributed by atoms with Crippen LogP contribution in [-0.2, 0) is 5.41 Å². The highest BCUT2D eigenvalue weighted by Gasteiger charge is 2.15. The number of benzene rings is 2. The standard InChI is InChI=1S/C18H18ClNO3/c1-18(2,3)13-7-4-11(5-8-13)16(21)20-15-10-12(17(22)23)6-9-14(15)19/h4-10H,1-3H3,(H,20,21)(H,22,23). The minimum absolute atomic E-state index is 0.00807. The van der Waals surface area contributed by atoms with Crippen LogP contribution in [0.2, 0.25) is 5.02 Å². The number of carbonyl (C=O) groups excluding carboxylic acids is 1. The van der Waals surface area contributed by atoms with E-state index in [1.54, 1.807) is 12.1 Å². The summed E-state index contributed by atoms with van der Waals surface area (Å²) in [5.74, 6) is -1.42. The SMILES string of the molecule is CC(C)(C)c1ccc(C(=O)Nc2cc(C(=O)O)ccc2Cl)cc1. The number of carbonyl (C=O) groups is 2. The van der Waals surface area contributed by atoms with Gasteiger partial charge in [-0.1, -0.05) is 44.5 Å². The molecule has 0 atom stereocenters. The van der Waals surface area contributed by atoms with Crippen LogP contribution in [0.15, 0.2) is 42.5 Å². The topological polar surface area (TPSA) is 66.4 Å². The van der Waals surface area contributed by atoms with Crippen LogP contribution >= 0.6 is 11.6 Å². The smallest absolute Gasteiger partial charge is 0.335 e. The molecule has 2 N–H and O–H groups in total. The van der Waals surface area contributed by atoms with E-state index in [1.807, 2.05) is 12.1 Å². The lowest BCUT2D eigenvalue weighted by Gasteiger charge is -2.19. The van der Waals surface area contributed by atoms with Crippen molar-refractivity contribution >= 4 is 29.2 Å². The Bertz CT molecular complexity index is 746. The van der Waals surface area contributed by atoms with Gasteiger partial charge in [-0.25, -0.2) is 4.79 Å². The van der Waals surface area contributed by atoms with Crippen molar-refractivity contribution in [1.82, 2.24) is 0 Å². The Morgan fingerprint density at radius 2 is 1.57 bits per heavy atom. The second-order valence-electron chi connectivity index (χ2n) is 6.28. The number of amides is 1. The first-order valence-electron chi connectivity index (χ1n) is 7.13. The molecule has 120 valence electrons. The lowest BCUT2D eigenvalue weighted by atomic mass is 9.87. The summed E-state index contributed by atoms with van der Waals surface area (Å²) >= 11 is 6.01. The Morgan fingerprint density at radius 1 is 1.00 bits per heavy atom. The predicted molar refractivity (Wildman–Crippen MR) is 91.5 cm³/mol. The third-order valence-corrected chi connectivity index (χ3v) is 3.80. The maximum absolute atomic E-state index is 12.3. The number of aromatic carboxylic acids is 1. The Morgan fingerprint density at radius 3 is 2.09 bits per heavy atom. The maximum atomic E-state index is 12.3. The molecule has 0 unspecified atom stereocenters. The number of anilines is 1. The average Bonchev–Trinajstić information content (AvgIpc) is 2.48. The van der Waals surface area contributed by atoms with Gasteiger partial charge in [0.25, 0.3) is 5.91 Å². The fourth-order valence-corrected chi connectivity index (χ4v) is 2.23. The second-order valence-corrected chi connectivity index (χ2v) is 6.69. The van der Waals surface area contributed by atoms with Crippen molar-refractivity contribution < 1.29 is 14.7 Å². The number of halogens is 1. The molecule has 2 rings (SSSR count). The first-order valence-corrected chi connectivity index (χ1v) is 7.51. The summed E-state index contributed by atoms with van der Waals surface area (Å²) in [5, 5.41) is 11.9. The molecule has 0 aliphatic rings. The fourth-order valence-electron chi connectivity index (χ4n) is 2.07. The molecule has 4 nitrogen and oxygen atoms in total. The third-order valence-electron chi connectivity index (χ3n) is 3.47. The van der Waals surface area contributed by atoms with Crippen LogP contribution in [0.1, 0.15) is 47.1 Å². The summed E-state index contributed by atoms with van der Waals surface area (Å²) < 4.78 is 0. The first kappa shape index (κ1) is 17.0. The first-order chi connectivity index (χ1) is 10.7. The molecule has 0 aliphatic carbocycles. The molecule has 2 aromatic rings. The summed E-state index contributed by atoms with van der Waals surface area (Å²) in [7, 11) is 0. The Kier molecular flexibility index (Phi) is 4.76. The Balaban J connectivity index is 2.22. The van der Waals surface area contributed by atoms with Gasteiger partial charge in [0.1, 0.15) is 0 Å².